The third kappa shape index (κ3) is 4.33. The fraction of sp³-hybridized carbons (Fsp3) is 0.417. The average molecular weight is 337 g/mol. The predicted octanol–water partition coefficient (Wildman–Crippen LogP) is 2.54. The van der Waals surface area contributed by atoms with Crippen molar-refractivity contribution < 1.29 is 13.2 Å². The minimum Gasteiger partial charge on any atom is -0.383 e. The summed E-state index contributed by atoms with van der Waals surface area (Å²) in [6.45, 7) is 0.509. The number of sulfonamides is 1. The van der Waals surface area contributed by atoms with Gasteiger partial charge in [-0.05, 0) is 18.2 Å². The van der Waals surface area contributed by atoms with Crippen LogP contribution in [-0.2, 0) is 14.8 Å². The van der Waals surface area contributed by atoms with Gasteiger partial charge in [-0.2, -0.15) is 9.57 Å². The van der Waals surface area contributed by atoms with Gasteiger partial charge in [0.15, 0.2) is 0 Å². The molecule has 0 unspecified atom stereocenters. The fourth-order valence-electron chi connectivity index (χ4n) is 1.51. The monoisotopic (exact) mass is 336 g/mol. The molecule has 20 heavy (non-hydrogen) atoms. The van der Waals surface area contributed by atoms with E-state index in [1.807, 2.05) is 6.07 Å². The smallest absolute Gasteiger partial charge is 0.243 e. The van der Waals surface area contributed by atoms with E-state index in [4.69, 9.17) is 33.2 Å². The molecule has 0 heterocycles. The van der Waals surface area contributed by atoms with Gasteiger partial charge >= 0.3 is 0 Å². The number of halogens is 2. The fourth-order valence-corrected chi connectivity index (χ4v) is 3.32. The van der Waals surface area contributed by atoms with Crippen LogP contribution in [0.3, 0.4) is 0 Å². The highest BCUT2D eigenvalue weighted by molar-refractivity contribution is 7.89. The lowest BCUT2D eigenvalue weighted by Gasteiger charge is -2.21. The molecule has 0 atom stereocenters. The van der Waals surface area contributed by atoms with Crippen LogP contribution in [0.25, 0.3) is 0 Å². The van der Waals surface area contributed by atoms with Crippen molar-refractivity contribution in [2.24, 2.45) is 0 Å². The maximum atomic E-state index is 12.5. The number of hydrogen-bond acceptors (Lipinski definition) is 4. The third-order valence-corrected chi connectivity index (χ3v) is 5.18. The van der Waals surface area contributed by atoms with Crippen molar-refractivity contribution in [2.45, 2.75) is 11.3 Å². The van der Waals surface area contributed by atoms with E-state index in [0.717, 1.165) is 0 Å². The molecule has 110 valence electrons. The van der Waals surface area contributed by atoms with Gasteiger partial charge in [0.1, 0.15) is 0 Å². The third-order valence-electron chi connectivity index (χ3n) is 2.55. The highest BCUT2D eigenvalue weighted by atomic mass is 35.5. The maximum Gasteiger partial charge on any atom is 0.243 e. The molecule has 0 aliphatic heterocycles. The Morgan fingerprint density at radius 3 is 2.55 bits per heavy atom. The number of rotatable bonds is 7. The zero-order valence-electron chi connectivity index (χ0n) is 10.8. The first-order valence-corrected chi connectivity index (χ1v) is 7.94. The summed E-state index contributed by atoms with van der Waals surface area (Å²) in [4.78, 5) is 0.0425. The Morgan fingerprint density at radius 1 is 1.30 bits per heavy atom. The highest BCUT2D eigenvalue weighted by Crippen LogP contribution is 2.26. The maximum absolute atomic E-state index is 12.5. The Morgan fingerprint density at radius 2 is 2.00 bits per heavy atom. The molecule has 8 heteroatoms. The molecule has 1 aromatic rings. The highest BCUT2D eigenvalue weighted by Gasteiger charge is 2.24. The first-order chi connectivity index (χ1) is 9.43. The van der Waals surface area contributed by atoms with Crippen molar-refractivity contribution in [1.29, 1.82) is 5.26 Å². The molecule has 0 spiro atoms. The number of nitrogens with zero attached hydrogens (tertiary/aromatic N) is 2. The van der Waals surface area contributed by atoms with Gasteiger partial charge in [-0.25, -0.2) is 8.42 Å². The van der Waals surface area contributed by atoms with Crippen molar-refractivity contribution in [2.75, 3.05) is 26.8 Å². The van der Waals surface area contributed by atoms with Crippen molar-refractivity contribution in [3.63, 3.8) is 0 Å². The molecule has 1 rings (SSSR count). The Bertz CT molecular complexity index is 599. The van der Waals surface area contributed by atoms with Gasteiger partial charge in [0.25, 0.3) is 0 Å². The normalized spacial score (nSPS) is 11.6. The molecule has 0 radical (unpaired) electrons. The van der Waals surface area contributed by atoms with E-state index in [1.165, 1.54) is 29.6 Å². The number of ether oxygens (including phenoxy) is 1. The van der Waals surface area contributed by atoms with Crippen LogP contribution in [0.5, 0.6) is 0 Å². The van der Waals surface area contributed by atoms with Crippen molar-refractivity contribution in [3.05, 3.63) is 28.2 Å². The van der Waals surface area contributed by atoms with E-state index < -0.39 is 10.0 Å². The Kier molecular flexibility index (Phi) is 6.72. The Balaban J connectivity index is 3.07. The lowest BCUT2D eigenvalue weighted by molar-refractivity contribution is 0.179. The summed E-state index contributed by atoms with van der Waals surface area (Å²) < 4.78 is 31.0. The summed E-state index contributed by atoms with van der Waals surface area (Å²) in [5.74, 6) is 0. The van der Waals surface area contributed by atoms with Gasteiger partial charge in [-0.15, -0.1) is 0 Å². The lowest BCUT2D eigenvalue weighted by Crippen LogP contribution is -2.34. The number of benzene rings is 1. The first-order valence-electron chi connectivity index (χ1n) is 5.74. The molecular formula is C12H14Cl2N2O3S. The molecule has 0 N–H and O–H groups in total. The largest absolute Gasteiger partial charge is 0.383 e. The van der Waals surface area contributed by atoms with Crippen LogP contribution in [-0.4, -0.2) is 39.5 Å². The van der Waals surface area contributed by atoms with Gasteiger partial charge in [-0.1, -0.05) is 23.2 Å². The molecule has 0 amide bonds. The number of hydrogen-bond donors (Lipinski definition) is 0. The molecule has 0 saturated heterocycles. The Hall–Kier alpha value is -0.840. The molecule has 0 fully saturated rings. The molecule has 0 aliphatic rings. The van der Waals surface area contributed by atoms with Crippen LogP contribution in [0, 0.1) is 11.3 Å². The molecule has 0 saturated carbocycles. The predicted molar refractivity (Wildman–Crippen MR) is 77.3 cm³/mol. The van der Waals surface area contributed by atoms with Gasteiger partial charge < -0.3 is 4.74 Å². The van der Waals surface area contributed by atoms with Crippen molar-refractivity contribution in [1.82, 2.24) is 4.31 Å². The summed E-state index contributed by atoms with van der Waals surface area (Å²) in [5, 5.41) is 9.07. The molecule has 1 aromatic carbocycles. The average Bonchev–Trinajstić information content (AvgIpc) is 2.41. The van der Waals surface area contributed by atoms with Gasteiger partial charge in [0, 0.05) is 26.6 Å². The van der Waals surface area contributed by atoms with Gasteiger partial charge in [0.05, 0.1) is 27.6 Å². The summed E-state index contributed by atoms with van der Waals surface area (Å²) in [5.41, 5.74) is 0. The van der Waals surface area contributed by atoms with E-state index in [-0.39, 0.29) is 41.1 Å². The molecular weight excluding hydrogens is 323 g/mol. The number of nitriles is 1. The Labute approximate surface area is 128 Å². The van der Waals surface area contributed by atoms with Crippen LogP contribution in [0.15, 0.2) is 23.1 Å². The lowest BCUT2D eigenvalue weighted by atomic mass is 10.4. The molecule has 0 bridgehead atoms. The topological polar surface area (TPSA) is 70.4 Å². The van der Waals surface area contributed by atoms with Crippen molar-refractivity contribution >= 4 is 33.2 Å². The standard InChI is InChI=1S/C12H14Cl2N2O3S/c1-19-8-7-16(6-2-5-15)20(17,18)10-3-4-11(13)12(14)9-10/h3-4,9H,2,6-8H2,1H3. The molecule has 5 nitrogen and oxygen atoms in total. The van der Waals surface area contributed by atoms with Crippen LogP contribution >= 0.6 is 23.2 Å². The SMILES string of the molecule is COCCN(CCC#N)S(=O)(=O)c1ccc(Cl)c(Cl)c1. The summed E-state index contributed by atoms with van der Waals surface area (Å²) >= 11 is 11.6. The van der Waals surface area contributed by atoms with E-state index in [1.54, 1.807) is 0 Å². The summed E-state index contributed by atoms with van der Waals surface area (Å²) in [6.07, 6.45) is 0.101. The minimum absolute atomic E-state index is 0.0425. The second-order valence-corrected chi connectivity index (χ2v) is 6.63. The van der Waals surface area contributed by atoms with Gasteiger partial charge in [-0.3, -0.25) is 0 Å². The number of methoxy groups -OCH3 is 1. The van der Waals surface area contributed by atoms with E-state index in [2.05, 4.69) is 0 Å². The van der Waals surface area contributed by atoms with Crippen LogP contribution in [0.4, 0.5) is 0 Å². The van der Waals surface area contributed by atoms with Crippen molar-refractivity contribution in [3.8, 4) is 6.07 Å². The van der Waals surface area contributed by atoms with E-state index in [0.29, 0.717) is 0 Å². The second kappa shape index (κ2) is 7.81. The van der Waals surface area contributed by atoms with Crippen LogP contribution in [0.2, 0.25) is 10.0 Å². The molecule has 0 aliphatic carbocycles. The first kappa shape index (κ1) is 17.2. The van der Waals surface area contributed by atoms with Crippen LogP contribution < -0.4 is 0 Å². The zero-order valence-corrected chi connectivity index (χ0v) is 13.2. The summed E-state index contributed by atoms with van der Waals surface area (Å²) in [6, 6.07) is 6.03. The minimum atomic E-state index is -3.73. The second-order valence-electron chi connectivity index (χ2n) is 3.88. The zero-order chi connectivity index (χ0) is 15.2. The quantitative estimate of drug-likeness (QED) is 0.767. The van der Waals surface area contributed by atoms with Crippen LogP contribution in [0.1, 0.15) is 6.42 Å². The summed E-state index contributed by atoms with van der Waals surface area (Å²) in [7, 11) is -2.25. The van der Waals surface area contributed by atoms with E-state index >= 15 is 0 Å². The molecule has 0 aromatic heterocycles. The van der Waals surface area contributed by atoms with E-state index in [9.17, 15) is 8.42 Å². The van der Waals surface area contributed by atoms with Gasteiger partial charge in [0.2, 0.25) is 10.0 Å².